The van der Waals surface area contributed by atoms with Crippen LogP contribution < -0.4 is 0 Å². The van der Waals surface area contributed by atoms with Crippen LogP contribution in [-0.2, 0) is 4.74 Å². The van der Waals surface area contributed by atoms with Crippen molar-refractivity contribution in [3.05, 3.63) is 71.8 Å². The summed E-state index contributed by atoms with van der Waals surface area (Å²) in [4.78, 5) is 4.65. The Bertz CT molecular complexity index is 482. The Labute approximate surface area is 119 Å². The van der Waals surface area contributed by atoms with Gasteiger partial charge in [0, 0.05) is 11.1 Å². The van der Waals surface area contributed by atoms with Crippen molar-refractivity contribution >= 4 is 5.71 Å². The maximum absolute atomic E-state index is 8.67. The van der Waals surface area contributed by atoms with E-state index in [1.807, 2.05) is 36.4 Å². The topological polar surface area (TPSA) is 41.8 Å². The Hall–Kier alpha value is -1.97. The van der Waals surface area contributed by atoms with Crippen molar-refractivity contribution in [2.24, 2.45) is 4.99 Å². The Morgan fingerprint density at radius 1 is 0.850 bits per heavy atom. The van der Waals surface area contributed by atoms with Gasteiger partial charge in [0.15, 0.2) is 0 Å². The molecule has 3 heteroatoms. The molecule has 0 saturated carbocycles. The molecule has 0 aliphatic rings. The molecule has 3 nitrogen and oxygen atoms in total. The van der Waals surface area contributed by atoms with Gasteiger partial charge in [-0.2, -0.15) is 0 Å². The first-order chi connectivity index (χ1) is 9.92. The molecule has 20 heavy (non-hydrogen) atoms. The third-order valence-electron chi connectivity index (χ3n) is 2.84. The first-order valence-electron chi connectivity index (χ1n) is 6.75. The molecule has 1 N–H and O–H groups in total. The monoisotopic (exact) mass is 269 g/mol. The molecule has 0 bridgehead atoms. The van der Waals surface area contributed by atoms with Gasteiger partial charge in [0.1, 0.15) is 0 Å². The third kappa shape index (κ3) is 4.30. The minimum atomic E-state index is 0.0495. The van der Waals surface area contributed by atoms with E-state index in [0.717, 1.165) is 16.8 Å². The van der Waals surface area contributed by atoms with Gasteiger partial charge in [0.05, 0.1) is 32.1 Å². The molecule has 0 saturated heterocycles. The Morgan fingerprint density at radius 2 is 1.40 bits per heavy atom. The van der Waals surface area contributed by atoms with Crippen molar-refractivity contribution in [3.63, 3.8) is 0 Å². The van der Waals surface area contributed by atoms with Gasteiger partial charge in [0.25, 0.3) is 0 Å². The van der Waals surface area contributed by atoms with E-state index in [2.05, 4.69) is 29.3 Å². The second-order valence-electron chi connectivity index (χ2n) is 4.30. The van der Waals surface area contributed by atoms with Gasteiger partial charge < -0.3 is 9.84 Å². The summed E-state index contributed by atoms with van der Waals surface area (Å²) in [6, 6.07) is 20.3. The molecule has 0 atom stereocenters. The van der Waals surface area contributed by atoms with Gasteiger partial charge in [0.2, 0.25) is 0 Å². The normalized spacial score (nSPS) is 10.2. The SMILES string of the molecule is OCCOCCN=C(c1ccccc1)c1ccccc1. The van der Waals surface area contributed by atoms with Gasteiger partial charge >= 0.3 is 0 Å². The minimum absolute atomic E-state index is 0.0495. The lowest BCUT2D eigenvalue weighted by Gasteiger charge is -2.08. The van der Waals surface area contributed by atoms with Crippen molar-refractivity contribution in [1.29, 1.82) is 0 Å². The van der Waals surface area contributed by atoms with Crippen molar-refractivity contribution < 1.29 is 9.84 Å². The number of aliphatic imine (C=N–C) groups is 1. The Morgan fingerprint density at radius 3 is 1.90 bits per heavy atom. The number of hydrogen-bond acceptors (Lipinski definition) is 3. The molecular formula is C17H19NO2. The van der Waals surface area contributed by atoms with Crippen LogP contribution in [0, 0.1) is 0 Å². The standard InChI is InChI=1S/C17H19NO2/c19-12-14-20-13-11-18-17(15-7-3-1-4-8-15)16-9-5-2-6-10-16/h1-10,19H,11-14H2. The molecule has 0 aromatic heterocycles. The molecule has 0 aliphatic carbocycles. The number of ether oxygens (including phenoxy) is 1. The molecular weight excluding hydrogens is 250 g/mol. The highest BCUT2D eigenvalue weighted by molar-refractivity contribution is 6.12. The van der Waals surface area contributed by atoms with Crippen molar-refractivity contribution in [1.82, 2.24) is 0 Å². The summed E-state index contributed by atoms with van der Waals surface area (Å²) in [7, 11) is 0. The second kappa shape index (κ2) is 8.25. The minimum Gasteiger partial charge on any atom is -0.394 e. The zero-order valence-corrected chi connectivity index (χ0v) is 11.4. The lowest BCUT2D eigenvalue weighted by molar-refractivity contribution is 0.0978. The second-order valence-corrected chi connectivity index (χ2v) is 4.30. The predicted molar refractivity (Wildman–Crippen MR) is 81.3 cm³/mol. The average Bonchev–Trinajstić information content (AvgIpc) is 2.53. The number of aliphatic hydroxyl groups is 1. The average molecular weight is 269 g/mol. The van der Waals surface area contributed by atoms with Crippen LogP contribution in [0.3, 0.4) is 0 Å². The molecule has 0 unspecified atom stereocenters. The lowest BCUT2D eigenvalue weighted by Crippen LogP contribution is -2.08. The van der Waals surface area contributed by atoms with Crippen LogP contribution >= 0.6 is 0 Å². The summed E-state index contributed by atoms with van der Waals surface area (Å²) in [6.07, 6.45) is 0. The lowest BCUT2D eigenvalue weighted by atomic mass is 10.0. The molecule has 0 fully saturated rings. The Kier molecular flexibility index (Phi) is 5.96. The summed E-state index contributed by atoms with van der Waals surface area (Å²) in [5, 5.41) is 8.67. The Balaban J connectivity index is 2.15. The van der Waals surface area contributed by atoms with E-state index in [-0.39, 0.29) is 6.61 Å². The summed E-state index contributed by atoms with van der Waals surface area (Å²) >= 11 is 0. The number of hydrogen-bond donors (Lipinski definition) is 1. The fourth-order valence-corrected chi connectivity index (χ4v) is 1.93. The van der Waals surface area contributed by atoms with Crippen molar-refractivity contribution in [2.45, 2.75) is 0 Å². The first-order valence-corrected chi connectivity index (χ1v) is 6.75. The molecule has 2 aromatic rings. The van der Waals surface area contributed by atoms with Crippen LogP contribution in [0.25, 0.3) is 0 Å². The van der Waals surface area contributed by atoms with E-state index in [1.165, 1.54) is 0 Å². The number of rotatable bonds is 7. The van der Waals surface area contributed by atoms with Crippen LogP contribution in [0.1, 0.15) is 11.1 Å². The largest absolute Gasteiger partial charge is 0.394 e. The first kappa shape index (κ1) is 14.4. The van der Waals surface area contributed by atoms with Crippen LogP contribution in [-0.4, -0.2) is 37.2 Å². The fourth-order valence-electron chi connectivity index (χ4n) is 1.93. The van der Waals surface area contributed by atoms with Gasteiger partial charge in [-0.25, -0.2) is 0 Å². The highest BCUT2D eigenvalue weighted by Crippen LogP contribution is 2.10. The zero-order valence-electron chi connectivity index (χ0n) is 11.4. The maximum atomic E-state index is 8.67. The van der Waals surface area contributed by atoms with Crippen LogP contribution in [0.15, 0.2) is 65.7 Å². The predicted octanol–water partition coefficient (Wildman–Crippen LogP) is 2.53. The van der Waals surface area contributed by atoms with E-state index in [0.29, 0.717) is 19.8 Å². The summed E-state index contributed by atoms with van der Waals surface area (Å²) < 4.78 is 5.25. The summed E-state index contributed by atoms with van der Waals surface area (Å²) in [5.74, 6) is 0. The molecule has 0 aliphatic heterocycles. The number of aliphatic hydroxyl groups excluding tert-OH is 1. The molecule has 0 amide bonds. The third-order valence-corrected chi connectivity index (χ3v) is 2.84. The van der Waals surface area contributed by atoms with Gasteiger partial charge in [-0.3, -0.25) is 4.99 Å². The number of nitrogens with zero attached hydrogens (tertiary/aromatic N) is 1. The highest BCUT2D eigenvalue weighted by atomic mass is 16.5. The van der Waals surface area contributed by atoms with Crippen molar-refractivity contribution in [3.8, 4) is 0 Å². The fraction of sp³-hybridized carbons (Fsp3) is 0.235. The smallest absolute Gasteiger partial charge is 0.0719 e. The van der Waals surface area contributed by atoms with E-state index >= 15 is 0 Å². The van der Waals surface area contributed by atoms with E-state index < -0.39 is 0 Å². The van der Waals surface area contributed by atoms with E-state index in [1.54, 1.807) is 0 Å². The zero-order chi connectivity index (χ0) is 14.0. The summed E-state index contributed by atoms with van der Waals surface area (Å²) in [6.45, 7) is 1.51. The van der Waals surface area contributed by atoms with Gasteiger partial charge in [-0.15, -0.1) is 0 Å². The molecule has 2 aromatic carbocycles. The molecule has 104 valence electrons. The molecule has 0 spiro atoms. The maximum Gasteiger partial charge on any atom is 0.0719 e. The highest BCUT2D eigenvalue weighted by Gasteiger charge is 2.05. The van der Waals surface area contributed by atoms with E-state index in [4.69, 9.17) is 9.84 Å². The van der Waals surface area contributed by atoms with Crippen LogP contribution in [0.5, 0.6) is 0 Å². The quantitative estimate of drug-likeness (QED) is 0.620. The number of benzene rings is 2. The van der Waals surface area contributed by atoms with Gasteiger partial charge in [-0.05, 0) is 0 Å². The van der Waals surface area contributed by atoms with E-state index in [9.17, 15) is 0 Å². The van der Waals surface area contributed by atoms with Crippen molar-refractivity contribution in [2.75, 3.05) is 26.4 Å². The summed E-state index contributed by atoms with van der Waals surface area (Å²) in [5.41, 5.74) is 3.17. The molecule has 2 rings (SSSR count). The molecule has 0 heterocycles. The molecule has 0 radical (unpaired) electrons. The van der Waals surface area contributed by atoms with Crippen LogP contribution in [0.2, 0.25) is 0 Å². The van der Waals surface area contributed by atoms with Crippen LogP contribution in [0.4, 0.5) is 0 Å². The van der Waals surface area contributed by atoms with Gasteiger partial charge in [-0.1, -0.05) is 60.7 Å².